The molecule has 1 amide bonds. The largest absolute Gasteiger partial charge is 0.367 e. The zero-order chi connectivity index (χ0) is 13.8. The second-order valence-electron chi connectivity index (χ2n) is 5.01. The van der Waals surface area contributed by atoms with Crippen LogP contribution in [0.5, 0.6) is 0 Å². The van der Waals surface area contributed by atoms with Crippen molar-refractivity contribution in [1.82, 2.24) is 14.8 Å². The van der Waals surface area contributed by atoms with E-state index in [0.717, 1.165) is 19.5 Å². The second kappa shape index (κ2) is 6.02. The molecule has 1 fully saturated rings. The number of aromatic amines is 1. The minimum absolute atomic E-state index is 0.161. The number of nitrogens with zero attached hydrogens (tertiary/aromatic N) is 2. The Morgan fingerprint density at radius 3 is 2.63 bits per heavy atom. The van der Waals surface area contributed by atoms with Crippen molar-refractivity contribution in [3.05, 3.63) is 34.2 Å². The van der Waals surface area contributed by atoms with Crippen molar-refractivity contribution in [1.29, 1.82) is 0 Å². The maximum Gasteiger partial charge on any atom is 0.259 e. The molecule has 2 heterocycles. The summed E-state index contributed by atoms with van der Waals surface area (Å²) in [5.74, 6) is -0.161. The molecule has 1 N–H and O–H groups in total. The maximum atomic E-state index is 12.3. The molecule has 0 bridgehead atoms. The Bertz CT molecular complexity index is 489. The zero-order valence-corrected chi connectivity index (χ0v) is 11.6. The van der Waals surface area contributed by atoms with Crippen LogP contribution < -0.4 is 5.43 Å². The lowest BCUT2D eigenvalue weighted by atomic mass is 10.1. The van der Waals surface area contributed by atoms with Crippen molar-refractivity contribution in [3.8, 4) is 0 Å². The fourth-order valence-electron chi connectivity index (χ4n) is 2.38. The minimum atomic E-state index is -0.215. The summed E-state index contributed by atoms with van der Waals surface area (Å²) in [6.07, 6.45) is 4.15. The van der Waals surface area contributed by atoms with Gasteiger partial charge >= 0.3 is 0 Å². The number of hydrogen-bond donors (Lipinski definition) is 1. The van der Waals surface area contributed by atoms with E-state index in [0.29, 0.717) is 19.1 Å². The Hall–Kier alpha value is -1.62. The average Bonchev–Trinajstić information content (AvgIpc) is 2.46. The van der Waals surface area contributed by atoms with Gasteiger partial charge in [0.05, 0.1) is 0 Å². The predicted molar refractivity (Wildman–Crippen MR) is 74.3 cm³/mol. The highest BCUT2D eigenvalue weighted by Crippen LogP contribution is 2.10. The summed E-state index contributed by atoms with van der Waals surface area (Å²) in [7, 11) is 0. The summed E-state index contributed by atoms with van der Waals surface area (Å²) in [6.45, 7) is 7.52. The Morgan fingerprint density at radius 2 is 2.05 bits per heavy atom. The number of amides is 1. The van der Waals surface area contributed by atoms with Crippen molar-refractivity contribution in [3.63, 3.8) is 0 Å². The van der Waals surface area contributed by atoms with Crippen LogP contribution in [0.2, 0.25) is 0 Å². The van der Waals surface area contributed by atoms with Gasteiger partial charge in [-0.25, -0.2) is 0 Å². The van der Waals surface area contributed by atoms with Crippen LogP contribution in [0.25, 0.3) is 0 Å². The van der Waals surface area contributed by atoms with Gasteiger partial charge in [-0.3, -0.25) is 14.5 Å². The van der Waals surface area contributed by atoms with E-state index in [-0.39, 0.29) is 16.9 Å². The molecule has 0 radical (unpaired) electrons. The Labute approximate surface area is 113 Å². The molecule has 1 aliphatic rings. The molecule has 1 unspecified atom stereocenters. The molecule has 0 aromatic carbocycles. The quantitative estimate of drug-likeness (QED) is 0.882. The number of carbonyl (C=O) groups excluding carboxylic acids is 1. The standard InChI is InChI=1S/C14H21N3O2/c1-3-11(2)16-6-8-17(9-7-16)14(19)12-10-15-5-4-13(12)18/h4-5,10-11H,3,6-9H2,1-2H3,(H,15,18). The van der Waals surface area contributed by atoms with Crippen LogP contribution in [0.3, 0.4) is 0 Å². The predicted octanol–water partition coefficient (Wildman–Crippen LogP) is 0.931. The third-order valence-corrected chi connectivity index (χ3v) is 3.87. The fraction of sp³-hybridized carbons (Fsp3) is 0.571. The zero-order valence-electron chi connectivity index (χ0n) is 11.6. The lowest BCUT2D eigenvalue weighted by molar-refractivity contribution is 0.0578. The molecule has 1 saturated heterocycles. The molecule has 2 rings (SSSR count). The molecule has 1 atom stereocenters. The van der Waals surface area contributed by atoms with Crippen molar-refractivity contribution < 1.29 is 4.79 Å². The van der Waals surface area contributed by atoms with Crippen LogP contribution in [0.1, 0.15) is 30.6 Å². The molecule has 19 heavy (non-hydrogen) atoms. The van der Waals surface area contributed by atoms with Gasteiger partial charge in [0.1, 0.15) is 5.56 Å². The number of hydrogen-bond acceptors (Lipinski definition) is 3. The van der Waals surface area contributed by atoms with E-state index in [2.05, 4.69) is 23.7 Å². The Morgan fingerprint density at radius 1 is 1.37 bits per heavy atom. The molecular formula is C14H21N3O2. The Kier molecular flexibility index (Phi) is 4.37. The van der Waals surface area contributed by atoms with Crippen LogP contribution in [-0.2, 0) is 0 Å². The van der Waals surface area contributed by atoms with Crippen LogP contribution >= 0.6 is 0 Å². The average molecular weight is 263 g/mol. The third kappa shape index (κ3) is 3.04. The Balaban J connectivity index is 2.00. The van der Waals surface area contributed by atoms with E-state index in [4.69, 9.17) is 0 Å². The fourth-order valence-corrected chi connectivity index (χ4v) is 2.38. The van der Waals surface area contributed by atoms with E-state index < -0.39 is 0 Å². The van der Waals surface area contributed by atoms with E-state index in [1.807, 2.05) is 0 Å². The minimum Gasteiger partial charge on any atom is -0.367 e. The first-order valence-corrected chi connectivity index (χ1v) is 6.84. The molecule has 104 valence electrons. The van der Waals surface area contributed by atoms with Crippen LogP contribution in [0.4, 0.5) is 0 Å². The first kappa shape index (κ1) is 13.8. The topological polar surface area (TPSA) is 56.4 Å². The smallest absolute Gasteiger partial charge is 0.259 e. The van der Waals surface area contributed by atoms with Gasteiger partial charge in [-0.1, -0.05) is 6.92 Å². The van der Waals surface area contributed by atoms with Crippen molar-refractivity contribution in [2.75, 3.05) is 26.2 Å². The van der Waals surface area contributed by atoms with Gasteiger partial charge in [0.15, 0.2) is 5.43 Å². The maximum absolute atomic E-state index is 12.3. The van der Waals surface area contributed by atoms with Gasteiger partial charge in [0.25, 0.3) is 5.91 Å². The van der Waals surface area contributed by atoms with Crippen LogP contribution in [0, 0.1) is 0 Å². The normalized spacial score (nSPS) is 18.3. The van der Waals surface area contributed by atoms with Gasteiger partial charge in [-0.15, -0.1) is 0 Å². The summed E-state index contributed by atoms with van der Waals surface area (Å²) in [4.78, 5) is 30.9. The van der Waals surface area contributed by atoms with Crippen molar-refractivity contribution in [2.45, 2.75) is 26.3 Å². The van der Waals surface area contributed by atoms with Crippen LogP contribution in [0.15, 0.2) is 23.3 Å². The molecular weight excluding hydrogens is 242 g/mol. The van der Waals surface area contributed by atoms with E-state index in [1.165, 1.54) is 12.3 Å². The summed E-state index contributed by atoms with van der Waals surface area (Å²) in [5, 5.41) is 0. The molecule has 5 heteroatoms. The monoisotopic (exact) mass is 263 g/mol. The number of H-pyrrole nitrogens is 1. The molecule has 0 saturated carbocycles. The molecule has 0 spiro atoms. The number of aromatic nitrogens is 1. The van der Waals surface area contributed by atoms with Crippen LogP contribution in [-0.4, -0.2) is 52.9 Å². The number of carbonyl (C=O) groups is 1. The summed E-state index contributed by atoms with van der Waals surface area (Å²) < 4.78 is 0. The van der Waals surface area contributed by atoms with Gasteiger partial charge in [-0.05, 0) is 13.3 Å². The lowest BCUT2D eigenvalue weighted by Gasteiger charge is -2.37. The van der Waals surface area contributed by atoms with E-state index in [1.54, 1.807) is 11.1 Å². The first-order valence-electron chi connectivity index (χ1n) is 6.84. The highest BCUT2D eigenvalue weighted by atomic mass is 16.2. The SMILES string of the molecule is CCC(C)N1CCN(C(=O)c2c[nH]ccc2=O)CC1. The molecule has 0 aliphatic carbocycles. The summed E-state index contributed by atoms with van der Waals surface area (Å²) in [5.41, 5.74) is 0.0209. The summed E-state index contributed by atoms with van der Waals surface area (Å²) in [6, 6.07) is 1.94. The molecule has 1 aromatic heterocycles. The molecule has 1 aromatic rings. The van der Waals surface area contributed by atoms with Gasteiger partial charge < -0.3 is 9.88 Å². The number of nitrogens with one attached hydrogen (secondary N) is 1. The van der Waals surface area contributed by atoms with Gasteiger partial charge in [0, 0.05) is 50.7 Å². The number of rotatable bonds is 3. The molecule has 1 aliphatic heterocycles. The second-order valence-corrected chi connectivity index (χ2v) is 5.01. The first-order chi connectivity index (χ1) is 9.13. The highest BCUT2D eigenvalue weighted by Gasteiger charge is 2.25. The number of piperazine rings is 1. The van der Waals surface area contributed by atoms with Crippen molar-refractivity contribution >= 4 is 5.91 Å². The highest BCUT2D eigenvalue weighted by molar-refractivity contribution is 5.93. The van der Waals surface area contributed by atoms with E-state index >= 15 is 0 Å². The number of pyridine rings is 1. The lowest BCUT2D eigenvalue weighted by Crippen LogP contribution is -2.51. The van der Waals surface area contributed by atoms with Gasteiger partial charge in [0.2, 0.25) is 0 Å². The third-order valence-electron chi connectivity index (χ3n) is 3.87. The van der Waals surface area contributed by atoms with Gasteiger partial charge in [-0.2, -0.15) is 0 Å². The van der Waals surface area contributed by atoms with Crippen molar-refractivity contribution in [2.24, 2.45) is 0 Å². The molecule has 5 nitrogen and oxygen atoms in total. The van der Waals surface area contributed by atoms with E-state index in [9.17, 15) is 9.59 Å². The summed E-state index contributed by atoms with van der Waals surface area (Å²) >= 11 is 0.